The van der Waals surface area contributed by atoms with Crippen molar-refractivity contribution < 1.29 is 9.53 Å². The first kappa shape index (κ1) is 11.0. The van der Waals surface area contributed by atoms with Crippen LogP contribution in [0.2, 0.25) is 0 Å². The number of carbonyl (C=O) groups excluding carboxylic acids is 1. The maximum atomic E-state index is 11.8. The summed E-state index contributed by atoms with van der Waals surface area (Å²) < 4.78 is 7.35. The molecule has 0 aromatic carbocycles. The number of hydrogen-bond acceptors (Lipinski definition) is 3. The zero-order chi connectivity index (χ0) is 12.5. The molecular formula is C14H14N2O2. The predicted molar refractivity (Wildman–Crippen MR) is 67.4 cm³/mol. The fraction of sp³-hybridized carbons (Fsp3) is 0.286. The molecule has 18 heavy (non-hydrogen) atoms. The average Bonchev–Trinajstić information content (AvgIpc) is 2.84. The number of hydrogen-bond donors (Lipinski definition) is 0. The molecule has 0 aliphatic heterocycles. The smallest absolute Gasteiger partial charge is 0.164 e. The summed E-state index contributed by atoms with van der Waals surface area (Å²) in [5, 5.41) is 0. The van der Waals surface area contributed by atoms with Crippen molar-refractivity contribution in [2.24, 2.45) is 0 Å². The van der Waals surface area contributed by atoms with E-state index < -0.39 is 0 Å². The summed E-state index contributed by atoms with van der Waals surface area (Å²) >= 11 is 0. The molecule has 0 saturated carbocycles. The molecule has 3 rings (SSSR count). The van der Waals surface area contributed by atoms with Gasteiger partial charge in [0.05, 0.1) is 13.3 Å². The molecule has 4 nitrogen and oxygen atoms in total. The SMILES string of the molecule is COc1ccncc1-n1ccc2c1CCCC2=O. The topological polar surface area (TPSA) is 44.1 Å². The molecule has 0 bridgehead atoms. The van der Waals surface area contributed by atoms with Gasteiger partial charge in [-0.1, -0.05) is 0 Å². The molecule has 0 radical (unpaired) electrons. The van der Waals surface area contributed by atoms with Gasteiger partial charge in [0.1, 0.15) is 11.4 Å². The highest BCUT2D eigenvalue weighted by Crippen LogP contribution is 2.28. The molecule has 0 spiro atoms. The van der Waals surface area contributed by atoms with Crippen molar-refractivity contribution in [2.45, 2.75) is 19.3 Å². The second-order valence-electron chi connectivity index (χ2n) is 4.37. The van der Waals surface area contributed by atoms with Crippen LogP contribution in [0.3, 0.4) is 0 Å². The molecule has 2 aromatic heterocycles. The van der Waals surface area contributed by atoms with Gasteiger partial charge in [0.2, 0.25) is 0 Å². The highest BCUT2D eigenvalue weighted by atomic mass is 16.5. The van der Waals surface area contributed by atoms with E-state index in [1.165, 1.54) is 0 Å². The third-order valence-electron chi connectivity index (χ3n) is 3.35. The van der Waals surface area contributed by atoms with Crippen LogP contribution >= 0.6 is 0 Å². The first-order chi connectivity index (χ1) is 8.81. The number of pyridine rings is 1. The van der Waals surface area contributed by atoms with Crippen LogP contribution in [0.1, 0.15) is 28.9 Å². The molecule has 92 valence electrons. The molecule has 1 aliphatic carbocycles. The van der Waals surface area contributed by atoms with Gasteiger partial charge in [0, 0.05) is 36.1 Å². The summed E-state index contributed by atoms with van der Waals surface area (Å²) in [5.74, 6) is 0.999. The standard InChI is InChI=1S/C14H14N2O2/c1-18-14-5-7-15-9-12(14)16-8-6-10-11(16)3-2-4-13(10)17/h5-9H,2-4H2,1H3. The van der Waals surface area contributed by atoms with E-state index in [1.807, 2.05) is 22.9 Å². The Morgan fingerprint density at radius 1 is 1.33 bits per heavy atom. The number of aromatic nitrogens is 2. The molecule has 0 atom stereocenters. The number of nitrogens with zero attached hydrogens (tertiary/aromatic N) is 2. The highest BCUT2D eigenvalue weighted by Gasteiger charge is 2.22. The van der Waals surface area contributed by atoms with Crippen molar-refractivity contribution in [2.75, 3.05) is 7.11 Å². The molecule has 0 saturated heterocycles. The van der Waals surface area contributed by atoms with Crippen molar-refractivity contribution >= 4 is 5.78 Å². The minimum atomic E-state index is 0.234. The zero-order valence-electron chi connectivity index (χ0n) is 10.2. The van der Waals surface area contributed by atoms with Crippen molar-refractivity contribution in [1.82, 2.24) is 9.55 Å². The van der Waals surface area contributed by atoms with Crippen LogP contribution < -0.4 is 4.74 Å². The van der Waals surface area contributed by atoms with Crippen LogP contribution in [0, 0.1) is 0 Å². The molecule has 0 amide bonds. The largest absolute Gasteiger partial charge is 0.494 e. The molecule has 2 aromatic rings. The number of Topliss-reactive ketones (excluding diaryl/α,β-unsaturated/α-hetero) is 1. The monoisotopic (exact) mass is 242 g/mol. The Balaban J connectivity index is 2.15. The van der Waals surface area contributed by atoms with E-state index in [-0.39, 0.29) is 5.78 Å². The first-order valence-electron chi connectivity index (χ1n) is 6.03. The normalized spacial score (nSPS) is 14.4. The van der Waals surface area contributed by atoms with E-state index >= 15 is 0 Å². The number of rotatable bonds is 2. The third kappa shape index (κ3) is 1.61. The Labute approximate surface area is 105 Å². The van der Waals surface area contributed by atoms with E-state index in [9.17, 15) is 4.79 Å². The minimum Gasteiger partial charge on any atom is -0.494 e. The lowest BCUT2D eigenvalue weighted by Gasteiger charge is -2.16. The molecule has 0 N–H and O–H groups in total. The number of carbonyl (C=O) groups is 1. The van der Waals surface area contributed by atoms with Gasteiger partial charge in [-0.05, 0) is 18.9 Å². The average molecular weight is 242 g/mol. The van der Waals surface area contributed by atoms with E-state index in [2.05, 4.69) is 4.98 Å². The molecule has 0 fully saturated rings. The summed E-state index contributed by atoms with van der Waals surface area (Å²) in [6.45, 7) is 0. The van der Waals surface area contributed by atoms with E-state index in [4.69, 9.17) is 4.74 Å². The quantitative estimate of drug-likeness (QED) is 0.812. The summed E-state index contributed by atoms with van der Waals surface area (Å²) in [7, 11) is 1.64. The van der Waals surface area contributed by atoms with E-state index in [0.717, 1.165) is 35.5 Å². The first-order valence-corrected chi connectivity index (χ1v) is 6.03. The number of methoxy groups -OCH3 is 1. The Kier molecular flexibility index (Phi) is 2.63. The summed E-state index contributed by atoms with van der Waals surface area (Å²) in [6, 6.07) is 3.72. The third-order valence-corrected chi connectivity index (χ3v) is 3.35. The van der Waals surface area contributed by atoms with Crippen molar-refractivity contribution in [3.05, 3.63) is 42.0 Å². The Bertz CT molecular complexity index is 602. The van der Waals surface area contributed by atoms with E-state index in [0.29, 0.717) is 6.42 Å². The van der Waals surface area contributed by atoms with Crippen LogP contribution in [-0.4, -0.2) is 22.4 Å². The fourth-order valence-corrected chi connectivity index (χ4v) is 2.48. The van der Waals surface area contributed by atoms with Crippen molar-refractivity contribution in [3.8, 4) is 11.4 Å². The van der Waals surface area contributed by atoms with Crippen LogP contribution in [0.15, 0.2) is 30.7 Å². The summed E-state index contributed by atoms with van der Waals surface area (Å²) in [5.41, 5.74) is 2.79. The molecule has 0 unspecified atom stereocenters. The van der Waals surface area contributed by atoms with Crippen molar-refractivity contribution in [1.29, 1.82) is 0 Å². The fourth-order valence-electron chi connectivity index (χ4n) is 2.48. The van der Waals surface area contributed by atoms with Crippen molar-refractivity contribution in [3.63, 3.8) is 0 Å². The lowest BCUT2D eigenvalue weighted by molar-refractivity contribution is 0.0972. The number of ether oxygens (including phenoxy) is 1. The molecular weight excluding hydrogens is 228 g/mol. The second kappa shape index (κ2) is 4.29. The molecule has 2 heterocycles. The maximum Gasteiger partial charge on any atom is 0.164 e. The highest BCUT2D eigenvalue weighted by molar-refractivity contribution is 5.98. The van der Waals surface area contributed by atoms with E-state index in [1.54, 1.807) is 19.5 Å². The maximum absolute atomic E-state index is 11.8. The van der Waals surface area contributed by atoms with Gasteiger partial charge in [0.25, 0.3) is 0 Å². The van der Waals surface area contributed by atoms with Gasteiger partial charge in [-0.25, -0.2) is 0 Å². The van der Waals surface area contributed by atoms with Crippen LogP contribution in [0.25, 0.3) is 5.69 Å². The zero-order valence-corrected chi connectivity index (χ0v) is 10.2. The van der Waals surface area contributed by atoms with Gasteiger partial charge in [-0.15, -0.1) is 0 Å². The summed E-state index contributed by atoms with van der Waals surface area (Å²) in [4.78, 5) is 16.0. The number of fused-ring (bicyclic) bond motifs is 1. The second-order valence-corrected chi connectivity index (χ2v) is 4.37. The Morgan fingerprint density at radius 2 is 2.22 bits per heavy atom. The Morgan fingerprint density at radius 3 is 3.06 bits per heavy atom. The van der Waals surface area contributed by atoms with Gasteiger partial charge in [0.15, 0.2) is 5.78 Å². The molecule has 1 aliphatic rings. The number of ketones is 1. The lowest BCUT2D eigenvalue weighted by atomic mass is 9.97. The van der Waals surface area contributed by atoms with Crippen LogP contribution in [0.4, 0.5) is 0 Å². The van der Waals surface area contributed by atoms with Gasteiger partial charge in [-0.2, -0.15) is 0 Å². The predicted octanol–water partition coefficient (Wildman–Crippen LogP) is 2.40. The van der Waals surface area contributed by atoms with Gasteiger partial charge >= 0.3 is 0 Å². The molecule has 4 heteroatoms. The lowest BCUT2D eigenvalue weighted by Crippen LogP contribution is -2.12. The Hall–Kier alpha value is -2.10. The van der Waals surface area contributed by atoms with Crippen LogP contribution in [0.5, 0.6) is 5.75 Å². The van der Waals surface area contributed by atoms with Gasteiger partial charge < -0.3 is 9.30 Å². The van der Waals surface area contributed by atoms with Crippen LogP contribution in [-0.2, 0) is 6.42 Å². The summed E-state index contributed by atoms with van der Waals surface area (Å²) in [6.07, 6.45) is 7.88. The van der Waals surface area contributed by atoms with Gasteiger partial charge in [-0.3, -0.25) is 9.78 Å². The minimum absolute atomic E-state index is 0.234.